The second-order valence-electron chi connectivity index (χ2n) is 4.60. The fourth-order valence-corrected chi connectivity index (χ4v) is 2.34. The van der Waals surface area contributed by atoms with E-state index in [-0.39, 0.29) is 11.8 Å². The maximum atomic E-state index is 11.5. The van der Waals surface area contributed by atoms with Gasteiger partial charge in [0.15, 0.2) is 0 Å². The molecule has 98 valence electrons. The van der Waals surface area contributed by atoms with Gasteiger partial charge in [-0.3, -0.25) is 4.79 Å². The molecule has 0 unspecified atom stereocenters. The highest BCUT2D eigenvalue weighted by Gasteiger charge is 2.24. The summed E-state index contributed by atoms with van der Waals surface area (Å²) >= 11 is 0. The molecule has 3 N–H and O–H groups in total. The topological polar surface area (TPSA) is 71.2 Å². The smallest absolute Gasteiger partial charge is 0.222 e. The molecule has 1 amide bonds. The summed E-state index contributed by atoms with van der Waals surface area (Å²) in [5.74, 6) is 1.26. The Morgan fingerprint density at radius 3 is 2.89 bits per heavy atom. The van der Waals surface area contributed by atoms with Gasteiger partial charge in [0.05, 0.1) is 0 Å². The molecule has 2 rings (SSSR count). The first-order valence-corrected chi connectivity index (χ1v) is 6.36. The van der Waals surface area contributed by atoms with E-state index in [2.05, 4.69) is 15.2 Å². The van der Waals surface area contributed by atoms with Crippen molar-refractivity contribution in [1.29, 1.82) is 0 Å². The van der Waals surface area contributed by atoms with Crippen molar-refractivity contribution in [3.63, 3.8) is 0 Å². The third kappa shape index (κ3) is 2.79. The van der Waals surface area contributed by atoms with E-state index in [1.54, 1.807) is 13.2 Å². The molecule has 2 heterocycles. The highest BCUT2D eigenvalue weighted by Crippen LogP contribution is 2.22. The van der Waals surface area contributed by atoms with Crippen LogP contribution >= 0.6 is 0 Å². The van der Waals surface area contributed by atoms with Crippen molar-refractivity contribution in [2.75, 3.05) is 25.0 Å². The van der Waals surface area contributed by atoms with E-state index < -0.39 is 0 Å². The van der Waals surface area contributed by atoms with Crippen molar-refractivity contribution in [3.8, 4) is 0 Å². The lowest BCUT2D eigenvalue weighted by atomic mass is 9.96. The molecule has 0 spiro atoms. The fraction of sp³-hybridized carbons (Fsp3) is 0.538. The first kappa shape index (κ1) is 12.8. The first-order valence-electron chi connectivity index (χ1n) is 6.36. The van der Waals surface area contributed by atoms with Gasteiger partial charge in [0.2, 0.25) is 5.91 Å². The summed E-state index contributed by atoms with van der Waals surface area (Å²) in [6, 6.07) is 3.96. The van der Waals surface area contributed by atoms with Crippen LogP contribution in [0.2, 0.25) is 0 Å². The number of carbonyl (C=O) groups is 1. The Morgan fingerprint density at radius 2 is 2.28 bits per heavy atom. The van der Waals surface area contributed by atoms with Crippen LogP contribution in [-0.4, -0.2) is 31.0 Å². The molecule has 1 aromatic heterocycles. The van der Waals surface area contributed by atoms with Crippen molar-refractivity contribution in [2.45, 2.75) is 19.4 Å². The summed E-state index contributed by atoms with van der Waals surface area (Å²) in [7, 11) is 1.70. The zero-order valence-electron chi connectivity index (χ0n) is 10.7. The van der Waals surface area contributed by atoms with Gasteiger partial charge in [-0.1, -0.05) is 0 Å². The van der Waals surface area contributed by atoms with Crippen molar-refractivity contribution < 1.29 is 4.79 Å². The van der Waals surface area contributed by atoms with Gasteiger partial charge in [-0.25, -0.2) is 4.98 Å². The van der Waals surface area contributed by atoms with E-state index in [1.807, 2.05) is 12.1 Å². The molecule has 0 saturated carbocycles. The van der Waals surface area contributed by atoms with Gasteiger partial charge in [-0.15, -0.1) is 0 Å². The maximum Gasteiger partial charge on any atom is 0.222 e. The van der Waals surface area contributed by atoms with E-state index in [0.29, 0.717) is 6.54 Å². The highest BCUT2D eigenvalue weighted by molar-refractivity contribution is 5.78. The Labute approximate surface area is 107 Å². The summed E-state index contributed by atoms with van der Waals surface area (Å²) in [6.45, 7) is 2.28. The largest absolute Gasteiger partial charge is 0.359 e. The number of nitrogens with two attached hydrogens (primary N) is 1. The number of rotatable bonds is 3. The quantitative estimate of drug-likeness (QED) is 0.817. The Morgan fingerprint density at radius 1 is 1.56 bits per heavy atom. The maximum absolute atomic E-state index is 11.5. The summed E-state index contributed by atoms with van der Waals surface area (Å²) < 4.78 is 0. The molecule has 0 radical (unpaired) electrons. The third-order valence-electron chi connectivity index (χ3n) is 3.48. The summed E-state index contributed by atoms with van der Waals surface area (Å²) in [4.78, 5) is 18.1. The molecule has 18 heavy (non-hydrogen) atoms. The number of anilines is 1. The normalized spacial score (nSPS) is 16.7. The number of aromatic nitrogens is 1. The molecule has 0 bridgehead atoms. The average Bonchev–Trinajstić information content (AvgIpc) is 2.46. The lowest BCUT2D eigenvalue weighted by Gasteiger charge is -2.32. The van der Waals surface area contributed by atoms with Crippen LogP contribution in [0.25, 0.3) is 0 Å². The Balaban J connectivity index is 1.98. The van der Waals surface area contributed by atoms with Crippen molar-refractivity contribution in [2.24, 2.45) is 11.7 Å². The third-order valence-corrected chi connectivity index (χ3v) is 3.48. The minimum Gasteiger partial charge on any atom is -0.359 e. The molecular formula is C13H20N4O. The summed E-state index contributed by atoms with van der Waals surface area (Å²) in [6.07, 6.45) is 3.56. The van der Waals surface area contributed by atoms with Gasteiger partial charge in [0, 0.05) is 38.8 Å². The average molecular weight is 248 g/mol. The van der Waals surface area contributed by atoms with E-state index >= 15 is 0 Å². The standard InChI is InChI=1S/C13H20N4O/c1-15-13(18)11-3-6-17(7-4-11)12-8-10(9-14)2-5-16-12/h2,5,8,11H,3-4,6-7,9,14H2,1H3,(H,15,18). The first-order chi connectivity index (χ1) is 8.74. The molecule has 5 heteroatoms. The molecule has 0 aromatic carbocycles. The van der Waals surface area contributed by atoms with Crippen LogP contribution in [0.4, 0.5) is 5.82 Å². The van der Waals surface area contributed by atoms with Crippen LogP contribution in [0.1, 0.15) is 18.4 Å². The molecule has 1 aromatic rings. The number of piperidine rings is 1. The predicted octanol–water partition coefficient (Wildman–Crippen LogP) is 0.503. The number of amides is 1. The second kappa shape index (κ2) is 5.82. The number of hydrogen-bond donors (Lipinski definition) is 2. The van der Waals surface area contributed by atoms with Gasteiger partial charge >= 0.3 is 0 Å². The van der Waals surface area contributed by atoms with Crippen LogP contribution in [0.3, 0.4) is 0 Å². The minimum atomic E-state index is 0.143. The van der Waals surface area contributed by atoms with Crippen LogP contribution in [0.15, 0.2) is 18.3 Å². The van der Waals surface area contributed by atoms with Crippen LogP contribution in [0, 0.1) is 5.92 Å². The van der Waals surface area contributed by atoms with E-state index in [0.717, 1.165) is 37.3 Å². The molecule has 1 aliphatic rings. The number of pyridine rings is 1. The monoisotopic (exact) mass is 248 g/mol. The van der Waals surface area contributed by atoms with Gasteiger partial charge in [-0.2, -0.15) is 0 Å². The molecule has 5 nitrogen and oxygen atoms in total. The zero-order chi connectivity index (χ0) is 13.0. The minimum absolute atomic E-state index is 0.143. The van der Waals surface area contributed by atoms with Gasteiger partial charge in [0.25, 0.3) is 0 Å². The molecule has 1 saturated heterocycles. The van der Waals surface area contributed by atoms with Crippen molar-refractivity contribution >= 4 is 11.7 Å². The van der Waals surface area contributed by atoms with Crippen molar-refractivity contribution in [1.82, 2.24) is 10.3 Å². The van der Waals surface area contributed by atoms with Gasteiger partial charge in [-0.05, 0) is 30.5 Å². The van der Waals surface area contributed by atoms with Crippen LogP contribution in [-0.2, 0) is 11.3 Å². The van der Waals surface area contributed by atoms with Gasteiger partial charge in [0.1, 0.15) is 5.82 Å². The SMILES string of the molecule is CNC(=O)C1CCN(c2cc(CN)ccn2)CC1. The fourth-order valence-electron chi connectivity index (χ4n) is 2.34. The second-order valence-corrected chi connectivity index (χ2v) is 4.60. The predicted molar refractivity (Wildman–Crippen MR) is 71.1 cm³/mol. The molecular weight excluding hydrogens is 228 g/mol. The molecule has 1 aliphatic heterocycles. The Bertz CT molecular complexity index is 413. The summed E-state index contributed by atoms with van der Waals surface area (Å²) in [5.41, 5.74) is 6.72. The van der Waals surface area contributed by atoms with Crippen LogP contribution < -0.4 is 16.0 Å². The van der Waals surface area contributed by atoms with Gasteiger partial charge < -0.3 is 16.0 Å². The zero-order valence-corrected chi connectivity index (χ0v) is 10.7. The highest BCUT2D eigenvalue weighted by atomic mass is 16.1. The molecule has 0 aliphatic carbocycles. The number of nitrogens with zero attached hydrogens (tertiary/aromatic N) is 2. The van der Waals surface area contributed by atoms with Crippen LogP contribution in [0.5, 0.6) is 0 Å². The van der Waals surface area contributed by atoms with E-state index in [1.165, 1.54) is 0 Å². The lowest BCUT2D eigenvalue weighted by molar-refractivity contribution is -0.125. The Kier molecular flexibility index (Phi) is 4.15. The van der Waals surface area contributed by atoms with Crippen molar-refractivity contribution in [3.05, 3.63) is 23.9 Å². The van der Waals surface area contributed by atoms with E-state index in [4.69, 9.17) is 5.73 Å². The number of nitrogens with one attached hydrogen (secondary N) is 1. The number of carbonyl (C=O) groups excluding carboxylic acids is 1. The Hall–Kier alpha value is -1.62. The molecule has 0 atom stereocenters. The van der Waals surface area contributed by atoms with E-state index in [9.17, 15) is 4.79 Å². The molecule has 1 fully saturated rings. The lowest BCUT2D eigenvalue weighted by Crippen LogP contribution is -2.39. The summed E-state index contributed by atoms with van der Waals surface area (Å²) in [5, 5.41) is 2.72. The number of hydrogen-bond acceptors (Lipinski definition) is 4.